The third-order valence-electron chi connectivity index (χ3n) is 7.93. The molecule has 186 valence electrons. The van der Waals surface area contributed by atoms with Gasteiger partial charge in [-0.15, -0.1) is 0 Å². The summed E-state index contributed by atoms with van der Waals surface area (Å²) in [6.45, 7) is 5.14. The van der Waals surface area contributed by atoms with Crippen LogP contribution in [0, 0.1) is 5.92 Å². The number of anilines is 1. The maximum atomic E-state index is 13.9. The molecule has 2 amide bonds. The van der Waals surface area contributed by atoms with Crippen molar-refractivity contribution in [1.82, 2.24) is 24.7 Å². The number of piperidine rings is 2. The third-order valence-corrected chi connectivity index (χ3v) is 7.93. The molecule has 3 aliphatic heterocycles. The summed E-state index contributed by atoms with van der Waals surface area (Å²) in [5, 5.41) is 3.41. The quantitative estimate of drug-likeness (QED) is 0.730. The zero-order valence-electron chi connectivity index (χ0n) is 21.0. The molecule has 1 N–H and O–H groups in total. The highest BCUT2D eigenvalue weighted by Crippen LogP contribution is 2.35. The predicted octanol–water partition coefficient (Wildman–Crippen LogP) is 2.52. The van der Waals surface area contributed by atoms with Crippen LogP contribution < -0.4 is 5.32 Å². The molecule has 3 aliphatic rings. The summed E-state index contributed by atoms with van der Waals surface area (Å²) in [6, 6.07) is 10.7. The first-order valence-corrected chi connectivity index (χ1v) is 12.8. The lowest BCUT2D eigenvalue weighted by molar-refractivity contribution is -0.141. The van der Waals surface area contributed by atoms with Crippen molar-refractivity contribution in [3.8, 4) is 0 Å². The fourth-order valence-corrected chi connectivity index (χ4v) is 5.83. The van der Waals surface area contributed by atoms with Gasteiger partial charge in [-0.2, -0.15) is 0 Å². The van der Waals surface area contributed by atoms with E-state index in [-0.39, 0.29) is 35.7 Å². The fourth-order valence-electron chi connectivity index (χ4n) is 5.83. The first-order valence-electron chi connectivity index (χ1n) is 12.8. The van der Waals surface area contributed by atoms with Crippen molar-refractivity contribution >= 4 is 17.8 Å². The maximum absolute atomic E-state index is 13.9. The molecule has 35 heavy (non-hydrogen) atoms. The number of likely N-dealkylation sites (tertiary alicyclic amines) is 2. The monoisotopic (exact) mass is 476 g/mol. The largest absolute Gasteiger partial charge is 0.350 e. The lowest BCUT2D eigenvalue weighted by atomic mass is 9.79. The van der Waals surface area contributed by atoms with E-state index in [0.29, 0.717) is 25.5 Å². The van der Waals surface area contributed by atoms with E-state index < -0.39 is 0 Å². The van der Waals surface area contributed by atoms with Crippen LogP contribution in [0.5, 0.6) is 0 Å². The van der Waals surface area contributed by atoms with Crippen molar-refractivity contribution < 1.29 is 9.59 Å². The third kappa shape index (κ3) is 5.03. The SMILES string of the molecule is C[C@@H]1Cc2cnc(N[C@@H]3CCC(=O)N(C)C3)nc2CN1C(=O)[C@H]1CCN(C)C[C@@H]1c1ccccc1. The van der Waals surface area contributed by atoms with Gasteiger partial charge in [-0.1, -0.05) is 30.3 Å². The second-order valence-electron chi connectivity index (χ2n) is 10.5. The van der Waals surface area contributed by atoms with Crippen LogP contribution in [0.3, 0.4) is 0 Å². The first-order chi connectivity index (χ1) is 16.9. The van der Waals surface area contributed by atoms with E-state index in [4.69, 9.17) is 4.98 Å². The number of carbonyl (C=O) groups is 2. The van der Waals surface area contributed by atoms with E-state index in [2.05, 4.69) is 53.4 Å². The maximum Gasteiger partial charge on any atom is 0.227 e. The Balaban J connectivity index is 1.32. The molecular formula is C27H36N6O2. The smallest absolute Gasteiger partial charge is 0.227 e. The number of aromatic nitrogens is 2. The number of amides is 2. The van der Waals surface area contributed by atoms with Crippen molar-refractivity contribution in [2.24, 2.45) is 5.92 Å². The molecule has 0 radical (unpaired) electrons. The molecule has 4 atom stereocenters. The van der Waals surface area contributed by atoms with Crippen LogP contribution in [-0.2, 0) is 22.6 Å². The van der Waals surface area contributed by atoms with Crippen LogP contribution in [0.4, 0.5) is 5.95 Å². The molecule has 8 heteroatoms. The Kier molecular flexibility index (Phi) is 6.73. The Hall–Kier alpha value is -3.00. The fraction of sp³-hybridized carbons (Fsp3) is 0.556. The minimum atomic E-state index is -0.0210. The van der Waals surface area contributed by atoms with E-state index in [1.54, 1.807) is 4.90 Å². The van der Waals surface area contributed by atoms with E-state index in [9.17, 15) is 9.59 Å². The van der Waals surface area contributed by atoms with Gasteiger partial charge in [0.15, 0.2) is 0 Å². The molecule has 0 unspecified atom stereocenters. The van der Waals surface area contributed by atoms with Crippen LogP contribution in [-0.4, -0.2) is 82.3 Å². The van der Waals surface area contributed by atoms with Gasteiger partial charge >= 0.3 is 0 Å². The molecule has 0 aliphatic carbocycles. The van der Waals surface area contributed by atoms with Crippen molar-refractivity contribution in [1.29, 1.82) is 0 Å². The minimum absolute atomic E-state index is 0.0210. The summed E-state index contributed by atoms with van der Waals surface area (Å²) < 4.78 is 0. The normalized spacial score (nSPS) is 27.5. The molecule has 2 aromatic rings. The minimum Gasteiger partial charge on any atom is -0.350 e. The summed E-state index contributed by atoms with van der Waals surface area (Å²) in [5.74, 6) is 1.18. The Morgan fingerprint density at radius 2 is 1.91 bits per heavy atom. The summed E-state index contributed by atoms with van der Waals surface area (Å²) in [7, 11) is 3.97. The summed E-state index contributed by atoms with van der Waals surface area (Å²) in [5.41, 5.74) is 3.29. The van der Waals surface area contributed by atoms with Crippen LogP contribution >= 0.6 is 0 Å². The molecule has 0 spiro atoms. The van der Waals surface area contributed by atoms with Crippen molar-refractivity contribution in [3.63, 3.8) is 0 Å². The average Bonchev–Trinajstić information content (AvgIpc) is 2.86. The lowest BCUT2D eigenvalue weighted by Gasteiger charge is -2.42. The molecule has 1 aromatic carbocycles. The number of rotatable bonds is 4. The second kappa shape index (κ2) is 9.93. The molecule has 8 nitrogen and oxygen atoms in total. The number of nitrogens with one attached hydrogen (secondary N) is 1. The van der Waals surface area contributed by atoms with E-state index in [0.717, 1.165) is 43.6 Å². The van der Waals surface area contributed by atoms with Gasteiger partial charge in [-0.3, -0.25) is 9.59 Å². The number of nitrogens with zero attached hydrogens (tertiary/aromatic N) is 5. The van der Waals surface area contributed by atoms with Crippen LogP contribution in [0.15, 0.2) is 36.5 Å². The van der Waals surface area contributed by atoms with Gasteiger partial charge in [0, 0.05) is 56.7 Å². The average molecular weight is 477 g/mol. The topological polar surface area (TPSA) is 81.7 Å². The number of hydrogen-bond donors (Lipinski definition) is 1. The van der Waals surface area contributed by atoms with Crippen LogP contribution in [0.1, 0.15) is 48.9 Å². The Morgan fingerprint density at radius 3 is 2.69 bits per heavy atom. The standard InChI is InChI=1S/C27H36N6O2/c1-18-13-20-14-28-27(29-21-9-10-25(34)32(3)15-21)30-24(20)17-33(18)26(35)22-11-12-31(2)16-23(22)19-7-5-4-6-8-19/h4-8,14,18,21-23H,9-13,15-17H2,1-3H3,(H,28,29,30)/t18-,21-,22+,23-/m1/s1. The highest BCUT2D eigenvalue weighted by Gasteiger charge is 2.39. The van der Waals surface area contributed by atoms with Gasteiger partial charge in [0.05, 0.1) is 12.2 Å². The number of likely N-dealkylation sites (N-methyl/N-ethyl adjacent to an activating group) is 2. The first kappa shape index (κ1) is 23.7. The number of carbonyl (C=O) groups excluding carboxylic acids is 2. The van der Waals surface area contributed by atoms with Gasteiger partial charge in [-0.25, -0.2) is 9.97 Å². The number of hydrogen-bond acceptors (Lipinski definition) is 6. The van der Waals surface area contributed by atoms with Gasteiger partial charge in [0.2, 0.25) is 17.8 Å². The highest BCUT2D eigenvalue weighted by molar-refractivity contribution is 5.81. The molecule has 4 heterocycles. The molecule has 0 saturated carbocycles. The summed E-state index contributed by atoms with van der Waals surface area (Å²) >= 11 is 0. The van der Waals surface area contributed by atoms with Crippen molar-refractivity contribution in [3.05, 3.63) is 53.3 Å². The Morgan fingerprint density at radius 1 is 1.11 bits per heavy atom. The van der Waals surface area contributed by atoms with Gasteiger partial charge < -0.3 is 20.0 Å². The number of fused-ring (bicyclic) bond motifs is 1. The molecular weight excluding hydrogens is 440 g/mol. The molecule has 1 aromatic heterocycles. The van der Waals surface area contributed by atoms with E-state index in [1.165, 1.54) is 5.56 Å². The molecule has 0 bridgehead atoms. The predicted molar refractivity (Wildman–Crippen MR) is 135 cm³/mol. The van der Waals surface area contributed by atoms with Crippen molar-refractivity contribution in [2.75, 3.05) is 39.0 Å². The van der Waals surface area contributed by atoms with Crippen LogP contribution in [0.2, 0.25) is 0 Å². The summed E-state index contributed by atoms with van der Waals surface area (Å²) in [4.78, 5) is 41.2. The molecule has 2 saturated heterocycles. The van der Waals surface area contributed by atoms with Gasteiger partial charge in [-0.05, 0) is 50.9 Å². The van der Waals surface area contributed by atoms with Gasteiger partial charge in [0.1, 0.15) is 0 Å². The molecule has 2 fully saturated rings. The van der Waals surface area contributed by atoms with Crippen molar-refractivity contribution in [2.45, 2.75) is 57.2 Å². The van der Waals surface area contributed by atoms with E-state index >= 15 is 0 Å². The van der Waals surface area contributed by atoms with E-state index in [1.807, 2.05) is 24.2 Å². The van der Waals surface area contributed by atoms with Gasteiger partial charge in [0.25, 0.3) is 0 Å². The Bertz CT molecular complexity index is 1080. The van der Waals surface area contributed by atoms with Crippen LogP contribution in [0.25, 0.3) is 0 Å². The lowest BCUT2D eigenvalue weighted by Crippen LogP contribution is -2.50. The zero-order valence-corrected chi connectivity index (χ0v) is 21.0. The highest BCUT2D eigenvalue weighted by atomic mass is 16.2. The zero-order chi connectivity index (χ0) is 24.5. The Labute approximate surface area is 207 Å². The summed E-state index contributed by atoms with van der Waals surface area (Å²) in [6.07, 6.45) is 4.86. The number of benzene rings is 1. The second-order valence-corrected chi connectivity index (χ2v) is 10.5. The molecule has 5 rings (SSSR count).